The standard InChI is InChI=1S/C9H9NO3/c1-6-9(13-7(2)12)3-8(5-11)4-10-6/h3-5H,1-2H3. The zero-order valence-corrected chi connectivity index (χ0v) is 7.40. The molecule has 0 aliphatic carbocycles. The lowest BCUT2D eigenvalue weighted by Gasteiger charge is -2.03. The highest BCUT2D eigenvalue weighted by molar-refractivity contribution is 5.76. The van der Waals surface area contributed by atoms with Gasteiger partial charge in [0.05, 0.1) is 5.69 Å². The van der Waals surface area contributed by atoms with Crippen molar-refractivity contribution in [2.24, 2.45) is 0 Å². The smallest absolute Gasteiger partial charge is 0.308 e. The molecule has 0 N–H and O–H groups in total. The van der Waals surface area contributed by atoms with E-state index in [2.05, 4.69) is 4.98 Å². The van der Waals surface area contributed by atoms with Crippen molar-refractivity contribution >= 4 is 12.3 Å². The summed E-state index contributed by atoms with van der Waals surface area (Å²) in [6.07, 6.45) is 2.08. The first kappa shape index (κ1) is 9.38. The second-order valence-electron chi connectivity index (χ2n) is 2.56. The van der Waals surface area contributed by atoms with E-state index in [9.17, 15) is 9.59 Å². The summed E-state index contributed by atoms with van der Waals surface area (Å²) in [6, 6.07) is 1.48. The Morgan fingerprint density at radius 3 is 2.85 bits per heavy atom. The largest absolute Gasteiger partial charge is 0.425 e. The predicted octanol–water partition coefficient (Wildman–Crippen LogP) is 1.13. The molecular formula is C9H9NO3. The fourth-order valence-electron chi connectivity index (χ4n) is 0.851. The Balaban J connectivity index is 3.03. The van der Waals surface area contributed by atoms with Crippen molar-refractivity contribution in [2.45, 2.75) is 13.8 Å². The third-order valence-corrected chi connectivity index (χ3v) is 1.45. The van der Waals surface area contributed by atoms with E-state index in [4.69, 9.17) is 4.74 Å². The van der Waals surface area contributed by atoms with E-state index in [1.54, 1.807) is 6.92 Å². The molecule has 13 heavy (non-hydrogen) atoms. The second-order valence-corrected chi connectivity index (χ2v) is 2.56. The zero-order chi connectivity index (χ0) is 9.84. The van der Waals surface area contributed by atoms with Gasteiger partial charge >= 0.3 is 5.97 Å². The highest BCUT2D eigenvalue weighted by Crippen LogP contribution is 2.15. The van der Waals surface area contributed by atoms with Gasteiger partial charge in [0.25, 0.3) is 0 Å². The molecule has 0 amide bonds. The van der Waals surface area contributed by atoms with Gasteiger partial charge < -0.3 is 4.74 Å². The van der Waals surface area contributed by atoms with Crippen LogP contribution in [0.5, 0.6) is 5.75 Å². The van der Waals surface area contributed by atoms with Crippen molar-refractivity contribution in [3.8, 4) is 5.75 Å². The molecule has 1 heterocycles. The molecule has 0 bridgehead atoms. The topological polar surface area (TPSA) is 56.3 Å². The molecule has 4 heteroatoms. The zero-order valence-electron chi connectivity index (χ0n) is 7.40. The molecular weight excluding hydrogens is 170 g/mol. The maximum absolute atomic E-state index is 10.6. The molecule has 0 saturated carbocycles. The van der Waals surface area contributed by atoms with Crippen LogP contribution >= 0.6 is 0 Å². The normalized spacial score (nSPS) is 9.38. The average Bonchev–Trinajstić information content (AvgIpc) is 2.08. The minimum Gasteiger partial charge on any atom is -0.425 e. The maximum atomic E-state index is 10.6. The number of nitrogens with zero attached hydrogens (tertiary/aromatic N) is 1. The van der Waals surface area contributed by atoms with E-state index in [1.807, 2.05) is 0 Å². The first-order valence-electron chi connectivity index (χ1n) is 3.73. The Bertz CT molecular complexity index is 347. The molecule has 0 spiro atoms. The van der Waals surface area contributed by atoms with Gasteiger partial charge in [-0.2, -0.15) is 0 Å². The lowest BCUT2D eigenvalue weighted by atomic mass is 10.2. The Labute approximate surface area is 75.5 Å². The van der Waals surface area contributed by atoms with Crippen molar-refractivity contribution in [1.29, 1.82) is 0 Å². The van der Waals surface area contributed by atoms with Crippen LogP contribution in [0.1, 0.15) is 23.0 Å². The Hall–Kier alpha value is -1.71. The molecule has 0 radical (unpaired) electrons. The summed E-state index contributed by atoms with van der Waals surface area (Å²) in [5.74, 6) is -0.0925. The maximum Gasteiger partial charge on any atom is 0.308 e. The Morgan fingerprint density at radius 1 is 1.62 bits per heavy atom. The van der Waals surface area contributed by atoms with E-state index in [1.165, 1.54) is 19.2 Å². The number of pyridine rings is 1. The van der Waals surface area contributed by atoms with Crippen molar-refractivity contribution in [3.63, 3.8) is 0 Å². The van der Waals surface area contributed by atoms with E-state index in [0.29, 0.717) is 23.3 Å². The number of aromatic nitrogens is 1. The number of hydrogen-bond acceptors (Lipinski definition) is 4. The van der Waals surface area contributed by atoms with Gasteiger partial charge in [0.15, 0.2) is 12.0 Å². The highest BCUT2D eigenvalue weighted by Gasteiger charge is 2.04. The number of carbonyl (C=O) groups is 2. The van der Waals surface area contributed by atoms with Gasteiger partial charge in [0.1, 0.15) is 0 Å². The van der Waals surface area contributed by atoms with Gasteiger partial charge in [-0.3, -0.25) is 14.6 Å². The first-order valence-corrected chi connectivity index (χ1v) is 3.73. The lowest BCUT2D eigenvalue weighted by molar-refractivity contribution is -0.131. The Morgan fingerprint density at radius 2 is 2.31 bits per heavy atom. The van der Waals surface area contributed by atoms with Crippen LogP contribution in [0.4, 0.5) is 0 Å². The van der Waals surface area contributed by atoms with Crippen LogP contribution in [0.2, 0.25) is 0 Å². The summed E-state index contributed by atoms with van der Waals surface area (Å²) >= 11 is 0. The summed E-state index contributed by atoms with van der Waals surface area (Å²) in [5.41, 5.74) is 0.975. The van der Waals surface area contributed by atoms with Gasteiger partial charge in [-0.05, 0) is 13.0 Å². The van der Waals surface area contributed by atoms with E-state index < -0.39 is 5.97 Å². The van der Waals surface area contributed by atoms with Gasteiger partial charge in [-0.1, -0.05) is 0 Å². The molecule has 0 unspecified atom stereocenters. The lowest BCUT2D eigenvalue weighted by Crippen LogP contribution is -2.04. The molecule has 0 saturated heterocycles. The van der Waals surface area contributed by atoms with Crippen LogP contribution < -0.4 is 4.74 Å². The molecule has 1 aromatic heterocycles. The molecule has 68 valence electrons. The minimum atomic E-state index is -0.423. The SMILES string of the molecule is CC(=O)Oc1cc(C=O)cnc1C. The van der Waals surface area contributed by atoms with Crippen molar-refractivity contribution in [1.82, 2.24) is 4.98 Å². The second kappa shape index (κ2) is 3.80. The molecule has 0 atom stereocenters. The number of aryl methyl sites for hydroxylation is 1. The molecule has 4 nitrogen and oxygen atoms in total. The predicted molar refractivity (Wildman–Crippen MR) is 45.7 cm³/mol. The average molecular weight is 179 g/mol. The fraction of sp³-hybridized carbons (Fsp3) is 0.222. The van der Waals surface area contributed by atoms with Crippen molar-refractivity contribution in [2.75, 3.05) is 0 Å². The molecule has 0 aliphatic rings. The highest BCUT2D eigenvalue weighted by atomic mass is 16.5. The van der Waals surface area contributed by atoms with Gasteiger partial charge in [-0.15, -0.1) is 0 Å². The molecule has 0 aromatic carbocycles. The van der Waals surface area contributed by atoms with Crippen molar-refractivity contribution < 1.29 is 14.3 Å². The third-order valence-electron chi connectivity index (χ3n) is 1.45. The van der Waals surface area contributed by atoms with E-state index in [0.717, 1.165) is 0 Å². The number of esters is 1. The summed E-state index contributed by atoms with van der Waals surface area (Å²) < 4.78 is 4.83. The number of aldehydes is 1. The fourth-order valence-corrected chi connectivity index (χ4v) is 0.851. The molecule has 1 rings (SSSR count). The number of carbonyl (C=O) groups excluding carboxylic acids is 2. The summed E-state index contributed by atoms with van der Waals surface area (Å²) in [6.45, 7) is 3.00. The van der Waals surface area contributed by atoms with Gasteiger partial charge in [-0.25, -0.2) is 0 Å². The van der Waals surface area contributed by atoms with Crippen LogP contribution in [0, 0.1) is 6.92 Å². The number of rotatable bonds is 2. The summed E-state index contributed by atoms with van der Waals surface area (Å²) in [7, 11) is 0. The van der Waals surface area contributed by atoms with Crippen LogP contribution in [0.15, 0.2) is 12.3 Å². The molecule has 0 fully saturated rings. The summed E-state index contributed by atoms with van der Waals surface area (Å²) in [5, 5.41) is 0. The van der Waals surface area contributed by atoms with Crippen LogP contribution in [0.25, 0.3) is 0 Å². The third kappa shape index (κ3) is 2.37. The minimum absolute atomic E-state index is 0.331. The Kier molecular flexibility index (Phi) is 2.74. The molecule has 0 aliphatic heterocycles. The van der Waals surface area contributed by atoms with Crippen LogP contribution in [-0.4, -0.2) is 17.2 Å². The monoisotopic (exact) mass is 179 g/mol. The first-order chi connectivity index (χ1) is 6.13. The summed E-state index contributed by atoms with van der Waals surface area (Å²) in [4.78, 5) is 24.9. The number of ether oxygens (including phenoxy) is 1. The van der Waals surface area contributed by atoms with Crippen molar-refractivity contribution in [3.05, 3.63) is 23.5 Å². The number of hydrogen-bond donors (Lipinski definition) is 0. The van der Waals surface area contributed by atoms with Gasteiger partial charge in [0, 0.05) is 18.7 Å². The quantitative estimate of drug-likeness (QED) is 0.504. The van der Waals surface area contributed by atoms with Crippen LogP contribution in [0.3, 0.4) is 0 Å². The molecule has 1 aromatic rings. The van der Waals surface area contributed by atoms with E-state index in [-0.39, 0.29) is 0 Å². The van der Waals surface area contributed by atoms with E-state index >= 15 is 0 Å². The van der Waals surface area contributed by atoms with Crippen LogP contribution in [-0.2, 0) is 4.79 Å². The van der Waals surface area contributed by atoms with Gasteiger partial charge in [0.2, 0.25) is 0 Å².